The molecule has 0 amide bonds. The highest BCUT2D eigenvalue weighted by molar-refractivity contribution is 7.47. The summed E-state index contributed by atoms with van der Waals surface area (Å²) in [5.41, 5.74) is 5.32. The second-order valence-corrected chi connectivity index (χ2v) is 13.7. The summed E-state index contributed by atoms with van der Waals surface area (Å²) in [5.74, 6) is -0.955. The van der Waals surface area contributed by atoms with Crippen LogP contribution < -0.4 is 5.73 Å². The van der Waals surface area contributed by atoms with Crippen LogP contribution in [0.1, 0.15) is 136 Å². The smallest absolute Gasteiger partial charge is 0.462 e. The normalized spacial score (nSPS) is 14.7. The molecule has 0 aliphatic heterocycles. The Balaban J connectivity index is 4.43. The maximum Gasteiger partial charge on any atom is 0.472 e. The number of ether oxygens (including phenoxy) is 2. The standard InChI is InChI=1S/C39H68NO9P/c1-3-5-7-9-11-12-13-14-18-22-26-30-38(42)46-34-37(35-48-50(44,45)47-33-32-40)49-39(43)31-27-23-19-15-17-21-25-29-36(41)28-24-20-16-10-8-6-4-2/h9,11,15-16,19-21,24-25,28,36-37,41H,3-8,10,12-14,17-18,22-23,26-27,29-35,40H2,1-2H3,(H,44,45)/b11-9-,19-15+,20-16-,25-21-,28-24-/t36-,37+/m0/s1. The van der Waals surface area contributed by atoms with E-state index in [1.165, 1.54) is 32.1 Å². The van der Waals surface area contributed by atoms with Crippen LogP contribution in [-0.4, -0.2) is 60.5 Å². The van der Waals surface area contributed by atoms with Crippen LogP contribution in [0.5, 0.6) is 0 Å². The van der Waals surface area contributed by atoms with Crippen LogP contribution in [0, 0.1) is 0 Å². The minimum Gasteiger partial charge on any atom is -0.462 e. The van der Waals surface area contributed by atoms with Gasteiger partial charge in [-0.1, -0.05) is 120 Å². The van der Waals surface area contributed by atoms with Gasteiger partial charge in [0.25, 0.3) is 0 Å². The van der Waals surface area contributed by atoms with E-state index in [0.29, 0.717) is 32.1 Å². The summed E-state index contributed by atoms with van der Waals surface area (Å²) in [4.78, 5) is 34.6. The number of aliphatic hydroxyl groups is 1. The van der Waals surface area contributed by atoms with Crippen molar-refractivity contribution in [3.8, 4) is 0 Å². The van der Waals surface area contributed by atoms with Crippen LogP contribution in [0.2, 0.25) is 0 Å². The number of aliphatic hydroxyl groups excluding tert-OH is 1. The molecule has 0 aromatic heterocycles. The molecule has 0 aromatic rings. The van der Waals surface area contributed by atoms with Gasteiger partial charge in [-0.15, -0.1) is 0 Å². The van der Waals surface area contributed by atoms with Crippen molar-refractivity contribution >= 4 is 19.8 Å². The molecule has 11 heteroatoms. The molecular weight excluding hydrogens is 657 g/mol. The second-order valence-electron chi connectivity index (χ2n) is 12.3. The van der Waals surface area contributed by atoms with E-state index < -0.39 is 38.6 Å². The first-order chi connectivity index (χ1) is 24.2. The van der Waals surface area contributed by atoms with E-state index in [-0.39, 0.29) is 32.6 Å². The van der Waals surface area contributed by atoms with Crippen LogP contribution in [0.3, 0.4) is 0 Å². The first kappa shape index (κ1) is 47.7. The molecule has 1 unspecified atom stereocenters. The van der Waals surface area contributed by atoms with E-state index in [9.17, 15) is 24.2 Å². The molecule has 0 saturated heterocycles. The molecule has 288 valence electrons. The fraction of sp³-hybridized carbons (Fsp3) is 0.692. The Morgan fingerprint density at radius 3 is 2.08 bits per heavy atom. The molecule has 0 saturated carbocycles. The summed E-state index contributed by atoms with van der Waals surface area (Å²) in [5, 5.41) is 10.0. The third-order valence-electron chi connectivity index (χ3n) is 7.46. The Morgan fingerprint density at radius 2 is 1.32 bits per heavy atom. The zero-order valence-electron chi connectivity index (χ0n) is 31.0. The van der Waals surface area contributed by atoms with Crippen LogP contribution in [-0.2, 0) is 32.7 Å². The number of carbonyl (C=O) groups is 2. The number of hydrogen-bond acceptors (Lipinski definition) is 9. The molecule has 0 fully saturated rings. The zero-order valence-corrected chi connectivity index (χ0v) is 31.9. The Bertz CT molecular complexity index is 1030. The van der Waals surface area contributed by atoms with Gasteiger partial charge in [-0.25, -0.2) is 4.57 Å². The molecule has 0 radical (unpaired) electrons. The average Bonchev–Trinajstić information content (AvgIpc) is 3.09. The lowest BCUT2D eigenvalue weighted by Crippen LogP contribution is -2.29. The number of nitrogens with two attached hydrogens (primary N) is 1. The van der Waals surface area contributed by atoms with Gasteiger partial charge in [-0.05, 0) is 64.2 Å². The number of rotatable bonds is 34. The molecule has 0 rings (SSSR count). The molecule has 0 bridgehead atoms. The zero-order chi connectivity index (χ0) is 37.0. The van der Waals surface area contributed by atoms with Crippen LogP contribution in [0.4, 0.5) is 0 Å². The van der Waals surface area contributed by atoms with Crippen molar-refractivity contribution in [3.05, 3.63) is 60.8 Å². The fourth-order valence-electron chi connectivity index (χ4n) is 4.57. The molecule has 0 heterocycles. The fourth-order valence-corrected chi connectivity index (χ4v) is 5.33. The molecule has 10 nitrogen and oxygen atoms in total. The highest BCUT2D eigenvalue weighted by Crippen LogP contribution is 2.43. The van der Waals surface area contributed by atoms with E-state index in [1.807, 2.05) is 36.5 Å². The molecule has 0 spiro atoms. The lowest BCUT2D eigenvalue weighted by molar-refractivity contribution is -0.161. The Hall–Kier alpha value is -2.33. The topological polar surface area (TPSA) is 155 Å². The minimum atomic E-state index is -4.40. The van der Waals surface area contributed by atoms with Crippen LogP contribution in [0.25, 0.3) is 0 Å². The van der Waals surface area contributed by atoms with Crippen molar-refractivity contribution in [2.24, 2.45) is 5.73 Å². The van der Waals surface area contributed by atoms with Gasteiger partial charge in [0.1, 0.15) is 6.61 Å². The maximum absolute atomic E-state index is 12.5. The molecule has 4 N–H and O–H groups in total. The predicted molar refractivity (Wildman–Crippen MR) is 202 cm³/mol. The number of carbonyl (C=O) groups excluding carboxylic acids is 2. The number of phosphoric acid groups is 1. The third-order valence-corrected chi connectivity index (χ3v) is 8.44. The molecule has 0 aromatic carbocycles. The van der Waals surface area contributed by atoms with E-state index in [2.05, 4.69) is 32.1 Å². The first-order valence-electron chi connectivity index (χ1n) is 18.9. The monoisotopic (exact) mass is 725 g/mol. The van der Waals surface area contributed by atoms with E-state index >= 15 is 0 Å². The number of hydrogen-bond donors (Lipinski definition) is 3. The van der Waals surface area contributed by atoms with Crippen LogP contribution >= 0.6 is 7.82 Å². The van der Waals surface area contributed by atoms with Gasteiger partial charge in [-0.2, -0.15) is 0 Å². The number of unbranched alkanes of at least 4 members (excludes halogenated alkanes) is 11. The second kappa shape index (κ2) is 35.1. The molecule has 50 heavy (non-hydrogen) atoms. The summed E-state index contributed by atoms with van der Waals surface area (Å²) in [6.07, 6.45) is 35.7. The average molecular weight is 726 g/mol. The highest BCUT2D eigenvalue weighted by Gasteiger charge is 2.25. The number of esters is 2. The largest absolute Gasteiger partial charge is 0.472 e. The minimum absolute atomic E-state index is 0.0306. The lowest BCUT2D eigenvalue weighted by atomic mass is 10.1. The number of phosphoric ester groups is 1. The highest BCUT2D eigenvalue weighted by atomic mass is 31.2. The first-order valence-corrected chi connectivity index (χ1v) is 20.4. The van der Waals surface area contributed by atoms with Crippen molar-refractivity contribution in [2.75, 3.05) is 26.4 Å². The Morgan fingerprint density at radius 1 is 0.700 bits per heavy atom. The molecular formula is C39H68NO9P. The van der Waals surface area contributed by atoms with Crippen molar-refractivity contribution in [2.45, 2.75) is 148 Å². The van der Waals surface area contributed by atoms with Gasteiger partial charge in [0.05, 0.1) is 19.3 Å². The summed E-state index contributed by atoms with van der Waals surface area (Å²) in [7, 11) is -4.40. The summed E-state index contributed by atoms with van der Waals surface area (Å²) >= 11 is 0. The van der Waals surface area contributed by atoms with E-state index in [1.54, 1.807) is 6.08 Å². The number of allylic oxidation sites excluding steroid dienone is 8. The molecule has 0 aliphatic rings. The molecule has 3 atom stereocenters. The summed E-state index contributed by atoms with van der Waals surface area (Å²) in [6.45, 7) is 3.46. The SMILES string of the molecule is CCCC/C=C\CCCCCCCC(=O)OC[C@H](COP(=O)(O)OCCN)OC(=O)CCC/C=C/C/C=C\C[C@@H](O)/C=C\C=C/CCCCC. The van der Waals surface area contributed by atoms with Gasteiger partial charge in [0.15, 0.2) is 6.10 Å². The predicted octanol–water partition coefficient (Wildman–Crippen LogP) is 9.13. The van der Waals surface area contributed by atoms with Gasteiger partial charge in [0, 0.05) is 19.4 Å². The van der Waals surface area contributed by atoms with E-state index in [4.69, 9.17) is 24.3 Å². The van der Waals surface area contributed by atoms with Crippen molar-refractivity contribution in [3.63, 3.8) is 0 Å². The molecule has 0 aliphatic carbocycles. The lowest BCUT2D eigenvalue weighted by Gasteiger charge is -2.19. The van der Waals surface area contributed by atoms with Crippen LogP contribution in [0.15, 0.2) is 60.8 Å². The third kappa shape index (κ3) is 34.1. The Labute approximate surface area is 302 Å². The van der Waals surface area contributed by atoms with Crippen molar-refractivity contribution in [1.29, 1.82) is 0 Å². The van der Waals surface area contributed by atoms with E-state index in [0.717, 1.165) is 44.9 Å². The van der Waals surface area contributed by atoms with Gasteiger partial charge >= 0.3 is 19.8 Å². The van der Waals surface area contributed by atoms with Gasteiger partial charge < -0.3 is 25.2 Å². The van der Waals surface area contributed by atoms with Crippen molar-refractivity contribution < 1.29 is 42.7 Å². The summed E-state index contributed by atoms with van der Waals surface area (Å²) in [6, 6.07) is 0. The Kier molecular flexibility index (Phi) is 33.5. The van der Waals surface area contributed by atoms with Crippen molar-refractivity contribution in [1.82, 2.24) is 0 Å². The quantitative estimate of drug-likeness (QED) is 0.0192. The van der Waals surface area contributed by atoms with Gasteiger partial charge in [0.2, 0.25) is 0 Å². The maximum atomic E-state index is 12.5. The summed E-state index contributed by atoms with van der Waals surface area (Å²) < 4.78 is 32.5. The van der Waals surface area contributed by atoms with Gasteiger partial charge in [-0.3, -0.25) is 18.6 Å².